The van der Waals surface area contributed by atoms with Crippen molar-refractivity contribution < 1.29 is 14.6 Å². The van der Waals surface area contributed by atoms with E-state index in [9.17, 15) is 4.79 Å². The molecule has 0 aliphatic carbocycles. The van der Waals surface area contributed by atoms with Crippen molar-refractivity contribution in [1.82, 2.24) is 0 Å². The van der Waals surface area contributed by atoms with Crippen LogP contribution in [0.1, 0.15) is 50.4 Å². The van der Waals surface area contributed by atoms with E-state index < -0.39 is 5.97 Å². The van der Waals surface area contributed by atoms with Gasteiger partial charge in [-0.25, -0.2) is 4.79 Å². The minimum Gasteiger partial charge on any atom is -0.292 e. The van der Waals surface area contributed by atoms with Crippen LogP contribution in [-0.4, -0.2) is 11.6 Å². The highest BCUT2D eigenvalue weighted by Gasteiger charge is 2.28. The Kier molecular flexibility index (Phi) is 5.16. The van der Waals surface area contributed by atoms with Gasteiger partial charge in [-0.3, -0.25) is 4.89 Å². The summed E-state index contributed by atoms with van der Waals surface area (Å²) in [5, 5.41) is 0. The SMILES string of the molecule is CCC(CC)(CC)OOC(=O)c1ccccc1. The predicted molar refractivity (Wildman–Crippen MR) is 66.5 cm³/mol. The van der Waals surface area contributed by atoms with Crippen molar-refractivity contribution in [3.8, 4) is 0 Å². The fraction of sp³-hybridized carbons (Fsp3) is 0.500. The normalized spacial score (nSPS) is 11.2. The quantitative estimate of drug-likeness (QED) is 0.557. The van der Waals surface area contributed by atoms with Crippen molar-refractivity contribution in [1.29, 1.82) is 0 Å². The van der Waals surface area contributed by atoms with Crippen LogP contribution in [0.15, 0.2) is 30.3 Å². The smallest absolute Gasteiger partial charge is 0.292 e. The van der Waals surface area contributed by atoms with Crippen LogP contribution in [0, 0.1) is 0 Å². The summed E-state index contributed by atoms with van der Waals surface area (Å²) in [6.45, 7) is 6.09. The molecule has 0 bridgehead atoms. The third kappa shape index (κ3) is 3.56. The van der Waals surface area contributed by atoms with Gasteiger partial charge in [-0.05, 0) is 31.4 Å². The summed E-state index contributed by atoms with van der Waals surface area (Å²) in [6, 6.07) is 8.85. The summed E-state index contributed by atoms with van der Waals surface area (Å²) in [4.78, 5) is 22.0. The molecular formula is C14H20O3. The second-order valence-corrected chi connectivity index (χ2v) is 4.06. The minimum absolute atomic E-state index is 0.357. The first-order valence-corrected chi connectivity index (χ1v) is 6.12. The van der Waals surface area contributed by atoms with E-state index in [4.69, 9.17) is 9.78 Å². The van der Waals surface area contributed by atoms with E-state index in [1.54, 1.807) is 24.3 Å². The van der Waals surface area contributed by atoms with Gasteiger partial charge in [-0.15, -0.1) is 0 Å². The Morgan fingerprint density at radius 3 is 2.06 bits per heavy atom. The monoisotopic (exact) mass is 236 g/mol. The molecule has 0 heterocycles. The Morgan fingerprint density at radius 1 is 1.06 bits per heavy atom. The van der Waals surface area contributed by atoms with E-state index in [0.717, 1.165) is 19.3 Å². The number of hydrogen-bond donors (Lipinski definition) is 0. The van der Waals surface area contributed by atoms with E-state index in [1.807, 2.05) is 26.8 Å². The predicted octanol–water partition coefficient (Wildman–Crippen LogP) is 3.74. The highest BCUT2D eigenvalue weighted by molar-refractivity contribution is 5.88. The second-order valence-electron chi connectivity index (χ2n) is 4.06. The minimum atomic E-state index is -0.440. The molecule has 1 rings (SSSR count). The number of hydrogen-bond acceptors (Lipinski definition) is 3. The van der Waals surface area contributed by atoms with Crippen molar-refractivity contribution in [2.24, 2.45) is 0 Å². The van der Waals surface area contributed by atoms with Gasteiger partial charge in [0.05, 0.1) is 5.56 Å². The molecule has 0 aliphatic rings. The van der Waals surface area contributed by atoms with Gasteiger partial charge in [-0.2, -0.15) is 4.89 Å². The summed E-state index contributed by atoms with van der Waals surface area (Å²) in [5.74, 6) is -0.440. The van der Waals surface area contributed by atoms with Crippen LogP contribution < -0.4 is 0 Å². The van der Waals surface area contributed by atoms with Gasteiger partial charge in [-0.1, -0.05) is 39.0 Å². The second kappa shape index (κ2) is 6.40. The molecule has 0 aromatic heterocycles. The lowest BCUT2D eigenvalue weighted by atomic mass is 9.95. The van der Waals surface area contributed by atoms with Crippen molar-refractivity contribution >= 4 is 5.97 Å². The average Bonchev–Trinajstić information content (AvgIpc) is 2.41. The van der Waals surface area contributed by atoms with Crippen molar-refractivity contribution in [2.45, 2.75) is 45.6 Å². The van der Waals surface area contributed by atoms with Gasteiger partial charge >= 0.3 is 5.97 Å². The fourth-order valence-corrected chi connectivity index (χ4v) is 1.68. The molecule has 1 aromatic rings. The standard InChI is InChI=1S/C14H20O3/c1-4-14(5-2,6-3)17-16-13(15)12-10-8-7-9-11-12/h7-11H,4-6H2,1-3H3. The Morgan fingerprint density at radius 2 is 1.59 bits per heavy atom. The van der Waals surface area contributed by atoms with Crippen LogP contribution in [-0.2, 0) is 9.78 Å². The maximum atomic E-state index is 11.7. The third-order valence-electron chi connectivity index (χ3n) is 3.24. The Balaban J connectivity index is 2.59. The topological polar surface area (TPSA) is 35.5 Å². The lowest BCUT2D eigenvalue weighted by molar-refractivity contribution is -0.319. The molecule has 0 fully saturated rings. The molecule has 0 saturated carbocycles. The molecule has 0 spiro atoms. The Hall–Kier alpha value is -1.35. The van der Waals surface area contributed by atoms with Gasteiger partial charge in [0.2, 0.25) is 0 Å². The molecule has 0 atom stereocenters. The summed E-state index contributed by atoms with van der Waals surface area (Å²) in [6.07, 6.45) is 2.46. The van der Waals surface area contributed by atoms with Gasteiger partial charge in [0, 0.05) is 0 Å². The van der Waals surface area contributed by atoms with E-state index in [-0.39, 0.29) is 5.60 Å². The highest BCUT2D eigenvalue weighted by Crippen LogP contribution is 2.25. The van der Waals surface area contributed by atoms with Crippen LogP contribution in [0.2, 0.25) is 0 Å². The first kappa shape index (κ1) is 13.7. The number of rotatable bonds is 6. The van der Waals surface area contributed by atoms with Crippen LogP contribution in [0.3, 0.4) is 0 Å². The molecule has 0 aliphatic heterocycles. The molecule has 0 amide bonds. The number of carbonyl (C=O) groups excluding carboxylic acids is 1. The highest BCUT2D eigenvalue weighted by atomic mass is 17.2. The van der Waals surface area contributed by atoms with Crippen molar-refractivity contribution in [3.63, 3.8) is 0 Å². The van der Waals surface area contributed by atoms with Crippen LogP contribution in [0.4, 0.5) is 0 Å². The van der Waals surface area contributed by atoms with Crippen molar-refractivity contribution in [2.75, 3.05) is 0 Å². The maximum Gasteiger partial charge on any atom is 0.373 e. The molecule has 3 heteroatoms. The molecule has 94 valence electrons. The van der Waals surface area contributed by atoms with Crippen LogP contribution in [0.5, 0.6) is 0 Å². The van der Waals surface area contributed by atoms with E-state index >= 15 is 0 Å². The van der Waals surface area contributed by atoms with Crippen molar-refractivity contribution in [3.05, 3.63) is 35.9 Å². The zero-order valence-corrected chi connectivity index (χ0v) is 10.7. The zero-order valence-electron chi connectivity index (χ0n) is 10.7. The largest absolute Gasteiger partial charge is 0.373 e. The average molecular weight is 236 g/mol. The molecular weight excluding hydrogens is 216 g/mol. The lowest BCUT2D eigenvalue weighted by Gasteiger charge is -2.27. The Bertz CT molecular complexity index is 333. The molecule has 17 heavy (non-hydrogen) atoms. The van der Waals surface area contributed by atoms with E-state index in [0.29, 0.717) is 5.56 Å². The molecule has 0 radical (unpaired) electrons. The molecule has 3 nitrogen and oxygen atoms in total. The molecule has 0 N–H and O–H groups in total. The first-order chi connectivity index (χ1) is 8.17. The number of carbonyl (C=O) groups is 1. The van der Waals surface area contributed by atoms with E-state index in [1.165, 1.54) is 0 Å². The summed E-state index contributed by atoms with van der Waals surface area (Å²) in [5.41, 5.74) is 0.148. The number of benzene rings is 1. The van der Waals surface area contributed by atoms with Crippen LogP contribution >= 0.6 is 0 Å². The summed E-state index contributed by atoms with van der Waals surface area (Å²) in [7, 11) is 0. The van der Waals surface area contributed by atoms with Gasteiger partial charge < -0.3 is 0 Å². The van der Waals surface area contributed by atoms with Gasteiger partial charge in [0.15, 0.2) is 0 Å². The molecule has 1 aromatic carbocycles. The summed E-state index contributed by atoms with van der Waals surface area (Å²) >= 11 is 0. The van der Waals surface area contributed by atoms with Gasteiger partial charge in [0.25, 0.3) is 0 Å². The third-order valence-corrected chi connectivity index (χ3v) is 3.24. The lowest BCUT2D eigenvalue weighted by Crippen LogP contribution is -2.31. The summed E-state index contributed by atoms with van der Waals surface area (Å²) < 4.78 is 0. The van der Waals surface area contributed by atoms with Crippen LogP contribution in [0.25, 0.3) is 0 Å². The molecule has 0 saturated heterocycles. The maximum absolute atomic E-state index is 11.7. The molecule has 0 unspecified atom stereocenters. The van der Waals surface area contributed by atoms with E-state index in [2.05, 4.69) is 0 Å². The fourth-order valence-electron chi connectivity index (χ4n) is 1.68. The first-order valence-electron chi connectivity index (χ1n) is 6.12. The van der Waals surface area contributed by atoms with Gasteiger partial charge in [0.1, 0.15) is 5.60 Å². The Labute approximate surface area is 103 Å². The zero-order chi connectivity index (χ0) is 12.7.